The smallest absolute Gasteiger partial charge is 0.263 e. The lowest BCUT2D eigenvalue weighted by Gasteiger charge is -2.21. The van der Waals surface area contributed by atoms with E-state index in [0.29, 0.717) is 37.0 Å². The Hall–Kier alpha value is -2.87. The van der Waals surface area contributed by atoms with Gasteiger partial charge in [0, 0.05) is 44.6 Å². The van der Waals surface area contributed by atoms with Crippen LogP contribution in [0.1, 0.15) is 23.7 Å². The maximum atomic E-state index is 13.2. The molecule has 0 aliphatic carbocycles. The minimum atomic E-state index is -0.102. The number of hydrogen-bond acceptors (Lipinski definition) is 7. The van der Waals surface area contributed by atoms with Crippen molar-refractivity contribution in [2.45, 2.75) is 13.3 Å². The average Bonchev–Trinajstić information content (AvgIpc) is 2.83. The molecule has 8 nitrogen and oxygen atoms in total. The normalized spacial score (nSPS) is 13.9. The molecule has 8 heteroatoms. The fourth-order valence-electron chi connectivity index (χ4n) is 3.09. The molecule has 0 fully saturated rings. The van der Waals surface area contributed by atoms with Crippen LogP contribution in [-0.4, -0.2) is 62.8 Å². The van der Waals surface area contributed by atoms with Gasteiger partial charge in [0.15, 0.2) is 0 Å². The molecule has 1 aromatic heterocycles. The largest absolute Gasteiger partial charge is 0.493 e. The van der Waals surface area contributed by atoms with E-state index >= 15 is 0 Å². The number of aromatic nitrogens is 2. The second-order valence-corrected chi connectivity index (χ2v) is 6.64. The van der Waals surface area contributed by atoms with Crippen molar-refractivity contribution in [1.29, 1.82) is 0 Å². The highest BCUT2D eigenvalue weighted by Gasteiger charge is 2.28. The quantitative estimate of drug-likeness (QED) is 0.674. The summed E-state index contributed by atoms with van der Waals surface area (Å²) in [4.78, 5) is 25.8. The van der Waals surface area contributed by atoms with Crippen LogP contribution in [0.2, 0.25) is 0 Å². The summed E-state index contributed by atoms with van der Waals surface area (Å²) in [6.07, 6.45) is 2.53. The molecule has 150 valence electrons. The monoisotopic (exact) mass is 384 g/mol. The van der Waals surface area contributed by atoms with Crippen LogP contribution in [-0.2, 0) is 0 Å². The van der Waals surface area contributed by atoms with E-state index in [-0.39, 0.29) is 5.91 Å². The molecule has 2 heterocycles. The number of likely N-dealkylation sites (N-methyl/N-ethyl adjacent to an activating group) is 1. The zero-order chi connectivity index (χ0) is 19.9. The van der Waals surface area contributed by atoms with E-state index in [1.54, 1.807) is 11.1 Å². The number of carbonyl (C=O) groups is 1. The number of amides is 1. The molecule has 1 amide bonds. The van der Waals surface area contributed by atoms with E-state index in [2.05, 4.69) is 20.6 Å². The third-order valence-corrected chi connectivity index (χ3v) is 4.57. The van der Waals surface area contributed by atoms with E-state index in [1.807, 2.05) is 50.2 Å². The van der Waals surface area contributed by atoms with Gasteiger partial charge in [-0.1, -0.05) is 6.07 Å². The molecular weight excluding hydrogens is 356 g/mol. The van der Waals surface area contributed by atoms with Crippen LogP contribution < -0.4 is 25.2 Å². The second kappa shape index (κ2) is 9.36. The lowest BCUT2D eigenvalue weighted by atomic mass is 10.2. The Kier molecular flexibility index (Phi) is 6.65. The molecule has 2 N–H and O–H groups in total. The summed E-state index contributed by atoms with van der Waals surface area (Å²) in [6, 6.07) is 7.67. The first-order valence-electron chi connectivity index (χ1n) is 9.65. The maximum Gasteiger partial charge on any atom is 0.263 e. The van der Waals surface area contributed by atoms with Gasteiger partial charge in [-0.15, -0.1) is 0 Å². The number of ether oxygens (including phenoxy) is 1. The fourth-order valence-corrected chi connectivity index (χ4v) is 3.09. The van der Waals surface area contributed by atoms with E-state index in [4.69, 9.17) is 4.74 Å². The Morgan fingerprint density at radius 1 is 1.29 bits per heavy atom. The lowest BCUT2D eigenvalue weighted by Crippen LogP contribution is -2.33. The molecule has 3 rings (SSSR count). The maximum absolute atomic E-state index is 13.2. The van der Waals surface area contributed by atoms with E-state index in [1.165, 1.54) is 0 Å². The van der Waals surface area contributed by atoms with E-state index in [0.717, 1.165) is 30.9 Å². The Bertz CT molecular complexity index is 813. The highest BCUT2D eigenvalue weighted by atomic mass is 16.5. The molecule has 2 aromatic rings. The molecule has 1 aliphatic rings. The number of fused-ring (bicyclic) bond motifs is 1. The molecular formula is C20H28N6O2. The predicted octanol–water partition coefficient (Wildman–Crippen LogP) is 1.99. The van der Waals surface area contributed by atoms with Crippen molar-refractivity contribution in [2.24, 2.45) is 0 Å². The number of nitrogens with one attached hydrogen (secondary N) is 2. The summed E-state index contributed by atoms with van der Waals surface area (Å²) in [7, 11) is 3.87. The Morgan fingerprint density at radius 3 is 2.93 bits per heavy atom. The van der Waals surface area contributed by atoms with Crippen molar-refractivity contribution >= 4 is 23.4 Å². The van der Waals surface area contributed by atoms with Crippen LogP contribution in [0, 0.1) is 0 Å². The third-order valence-electron chi connectivity index (χ3n) is 4.57. The lowest BCUT2D eigenvalue weighted by molar-refractivity contribution is 0.0989. The first kappa shape index (κ1) is 19.9. The molecule has 0 spiro atoms. The molecule has 28 heavy (non-hydrogen) atoms. The average molecular weight is 384 g/mol. The Labute approximate surface area is 165 Å². The summed E-state index contributed by atoms with van der Waals surface area (Å²) >= 11 is 0. The van der Waals surface area contributed by atoms with Crippen molar-refractivity contribution in [2.75, 3.05) is 62.0 Å². The van der Waals surface area contributed by atoms with E-state index in [9.17, 15) is 4.79 Å². The number of benzene rings is 1. The van der Waals surface area contributed by atoms with Crippen LogP contribution in [0.25, 0.3) is 0 Å². The van der Waals surface area contributed by atoms with Crippen LogP contribution in [0.5, 0.6) is 5.75 Å². The van der Waals surface area contributed by atoms with Gasteiger partial charge >= 0.3 is 0 Å². The minimum Gasteiger partial charge on any atom is -0.493 e. The van der Waals surface area contributed by atoms with Gasteiger partial charge in [0.05, 0.1) is 6.61 Å². The van der Waals surface area contributed by atoms with Crippen molar-refractivity contribution < 1.29 is 9.53 Å². The highest BCUT2D eigenvalue weighted by molar-refractivity contribution is 6.09. The fraction of sp³-hybridized carbons (Fsp3) is 0.450. The van der Waals surface area contributed by atoms with Crippen molar-refractivity contribution in [3.8, 4) is 5.75 Å². The molecule has 0 unspecified atom stereocenters. The van der Waals surface area contributed by atoms with Gasteiger partial charge in [-0.05, 0) is 39.1 Å². The van der Waals surface area contributed by atoms with E-state index < -0.39 is 0 Å². The molecule has 1 aromatic carbocycles. The van der Waals surface area contributed by atoms with Crippen molar-refractivity contribution in [1.82, 2.24) is 15.3 Å². The first-order valence-corrected chi connectivity index (χ1v) is 9.65. The van der Waals surface area contributed by atoms with Crippen LogP contribution >= 0.6 is 0 Å². The summed E-state index contributed by atoms with van der Waals surface area (Å²) < 4.78 is 5.82. The number of anilines is 3. The Balaban J connectivity index is 1.82. The summed E-state index contributed by atoms with van der Waals surface area (Å²) in [6.45, 7) is 5.48. The van der Waals surface area contributed by atoms with Gasteiger partial charge in [0.1, 0.15) is 17.1 Å². The zero-order valence-electron chi connectivity index (χ0n) is 16.7. The topological polar surface area (TPSA) is 82.6 Å². The molecule has 1 aliphatic heterocycles. The zero-order valence-corrected chi connectivity index (χ0v) is 16.7. The van der Waals surface area contributed by atoms with Crippen LogP contribution in [0.4, 0.5) is 17.5 Å². The Morgan fingerprint density at radius 2 is 2.14 bits per heavy atom. The van der Waals surface area contributed by atoms with Gasteiger partial charge in [-0.25, -0.2) is 4.98 Å². The van der Waals surface area contributed by atoms with Crippen LogP contribution in [0.3, 0.4) is 0 Å². The molecule has 0 saturated heterocycles. The number of nitrogens with zero attached hydrogens (tertiary/aromatic N) is 4. The van der Waals surface area contributed by atoms with Crippen molar-refractivity contribution in [3.05, 3.63) is 36.0 Å². The molecule has 0 radical (unpaired) electrons. The first-order chi connectivity index (χ1) is 13.6. The standard InChI is InChI=1S/C20H28N6O2/c1-4-22-20-23-14-17-18(24-20)25(3)10-11-26(19(17)27)15-7-5-8-16(13-15)28-12-6-9-21-2/h5,7-8,13-14,21H,4,6,9-12H2,1-3H3,(H,22,23,24). The summed E-state index contributed by atoms with van der Waals surface area (Å²) in [5, 5.41) is 6.20. The third kappa shape index (κ3) is 4.51. The second-order valence-electron chi connectivity index (χ2n) is 6.64. The molecule has 0 bridgehead atoms. The molecule has 0 atom stereocenters. The van der Waals surface area contributed by atoms with Crippen molar-refractivity contribution in [3.63, 3.8) is 0 Å². The van der Waals surface area contributed by atoms with Gasteiger partial charge in [-0.3, -0.25) is 4.79 Å². The summed E-state index contributed by atoms with van der Waals surface area (Å²) in [5.41, 5.74) is 1.31. The SMILES string of the molecule is CCNc1ncc2c(n1)N(C)CCN(c1cccc(OCCCNC)c1)C2=O. The number of hydrogen-bond donors (Lipinski definition) is 2. The number of carbonyl (C=O) groups excluding carboxylic acids is 1. The van der Waals surface area contributed by atoms with Gasteiger partial charge in [0.25, 0.3) is 5.91 Å². The van der Waals surface area contributed by atoms with Gasteiger partial charge < -0.3 is 25.2 Å². The minimum absolute atomic E-state index is 0.102. The molecule has 0 saturated carbocycles. The highest BCUT2D eigenvalue weighted by Crippen LogP contribution is 2.28. The predicted molar refractivity (Wildman–Crippen MR) is 112 cm³/mol. The van der Waals surface area contributed by atoms with Gasteiger partial charge in [0.2, 0.25) is 5.95 Å². The van der Waals surface area contributed by atoms with Gasteiger partial charge in [-0.2, -0.15) is 4.98 Å². The summed E-state index contributed by atoms with van der Waals surface area (Å²) in [5.74, 6) is 1.84. The van der Waals surface area contributed by atoms with Crippen LogP contribution in [0.15, 0.2) is 30.5 Å². The number of rotatable bonds is 8.